The molecule has 1 unspecified atom stereocenters. The van der Waals surface area contributed by atoms with Gasteiger partial charge in [0.05, 0.1) is 5.60 Å². The number of epoxide rings is 1. The van der Waals surface area contributed by atoms with Crippen LogP contribution in [0.1, 0.15) is 39.5 Å². The van der Waals surface area contributed by atoms with Crippen molar-refractivity contribution in [3.8, 4) is 0 Å². The lowest BCUT2D eigenvalue weighted by atomic mass is 9.84. The molecule has 0 N–H and O–H groups in total. The van der Waals surface area contributed by atoms with E-state index in [1.54, 1.807) is 0 Å². The van der Waals surface area contributed by atoms with Gasteiger partial charge in [0, 0.05) is 11.5 Å². The lowest BCUT2D eigenvalue weighted by Gasteiger charge is -2.19. The molecule has 3 aliphatic rings. The number of esters is 1. The maximum Gasteiger partial charge on any atom is 0.334 e. The molecule has 4 atom stereocenters. The van der Waals surface area contributed by atoms with Crippen LogP contribution in [0.25, 0.3) is 0 Å². The van der Waals surface area contributed by atoms with E-state index in [1.165, 1.54) is 5.57 Å². The summed E-state index contributed by atoms with van der Waals surface area (Å²) in [4.78, 5) is 11.7. The Labute approximate surface area is 108 Å². The van der Waals surface area contributed by atoms with Crippen LogP contribution in [0.2, 0.25) is 0 Å². The lowest BCUT2D eigenvalue weighted by Crippen LogP contribution is -2.28. The van der Waals surface area contributed by atoms with E-state index in [4.69, 9.17) is 9.47 Å². The molecule has 2 fully saturated rings. The van der Waals surface area contributed by atoms with Crippen molar-refractivity contribution in [3.05, 3.63) is 23.8 Å². The van der Waals surface area contributed by atoms with Gasteiger partial charge < -0.3 is 9.47 Å². The minimum absolute atomic E-state index is 0.0671. The number of fused-ring (bicyclic) bond motifs is 3. The van der Waals surface area contributed by atoms with Crippen LogP contribution in [0.15, 0.2) is 23.8 Å². The van der Waals surface area contributed by atoms with Gasteiger partial charge in [-0.3, -0.25) is 0 Å². The smallest absolute Gasteiger partial charge is 0.334 e. The van der Waals surface area contributed by atoms with E-state index < -0.39 is 0 Å². The first-order valence-electron chi connectivity index (χ1n) is 6.74. The van der Waals surface area contributed by atoms with Crippen LogP contribution < -0.4 is 0 Å². The summed E-state index contributed by atoms with van der Waals surface area (Å²) in [6, 6.07) is 0. The fourth-order valence-corrected chi connectivity index (χ4v) is 3.20. The molecule has 0 bridgehead atoms. The van der Waals surface area contributed by atoms with Crippen molar-refractivity contribution in [2.45, 2.75) is 57.3 Å². The van der Waals surface area contributed by atoms with Gasteiger partial charge in [-0.15, -0.1) is 0 Å². The lowest BCUT2D eigenvalue weighted by molar-refractivity contribution is -0.140. The highest BCUT2D eigenvalue weighted by atomic mass is 16.6. The Bertz CT molecular complexity index is 437. The van der Waals surface area contributed by atoms with Crippen molar-refractivity contribution in [3.63, 3.8) is 0 Å². The van der Waals surface area contributed by atoms with Gasteiger partial charge in [0.1, 0.15) is 12.2 Å². The normalized spacial score (nSPS) is 46.6. The molecule has 3 rings (SSSR count). The second-order valence-corrected chi connectivity index (χ2v) is 5.98. The zero-order valence-electron chi connectivity index (χ0n) is 11.1. The quantitative estimate of drug-likeness (QED) is 0.286. The summed E-state index contributed by atoms with van der Waals surface area (Å²) in [5.41, 5.74) is 1.91. The Hall–Kier alpha value is -1.09. The molecular weight excluding hydrogens is 228 g/mol. The summed E-state index contributed by atoms with van der Waals surface area (Å²) < 4.78 is 11.3. The highest BCUT2D eigenvalue weighted by Gasteiger charge is 2.61. The number of ether oxygens (including phenoxy) is 2. The number of allylic oxidation sites excluding steroid dienone is 2. The molecule has 0 amide bonds. The molecule has 18 heavy (non-hydrogen) atoms. The first kappa shape index (κ1) is 12.0. The minimum Gasteiger partial charge on any atom is -0.455 e. The number of hydrogen-bond donors (Lipinski definition) is 0. The van der Waals surface area contributed by atoms with E-state index in [9.17, 15) is 4.79 Å². The Morgan fingerprint density at radius 2 is 2.28 bits per heavy atom. The van der Waals surface area contributed by atoms with Gasteiger partial charge >= 0.3 is 5.97 Å². The third-order valence-corrected chi connectivity index (χ3v) is 4.57. The van der Waals surface area contributed by atoms with Crippen LogP contribution in [0.5, 0.6) is 0 Å². The van der Waals surface area contributed by atoms with Gasteiger partial charge in [0.2, 0.25) is 0 Å². The molecule has 0 saturated carbocycles. The van der Waals surface area contributed by atoms with Crippen LogP contribution in [-0.4, -0.2) is 23.8 Å². The van der Waals surface area contributed by atoms with Crippen molar-refractivity contribution < 1.29 is 14.3 Å². The van der Waals surface area contributed by atoms with E-state index in [2.05, 4.69) is 26.5 Å². The van der Waals surface area contributed by atoms with E-state index >= 15 is 0 Å². The number of hydrogen-bond acceptors (Lipinski definition) is 3. The Kier molecular flexibility index (Phi) is 2.63. The highest BCUT2D eigenvalue weighted by molar-refractivity contribution is 5.91. The maximum atomic E-state index is 11.7. The largest absolute Gasteiger partial charge is 0.455 e. The average Bonchev–Trinajstić information content (AvgIpc) is 2.90. The van der Waals surface area contributed by atoms with Gasteiger partial charge in [-0.05, 0) is 39.5 Å². The average molecular weight is 248 g/mol. The molecule has 0 aromatic carbocycles. The fourth-order valence-electron chi connectivity index (χ4n) is 3.20. The predicted molar refractivity (Wildman–Crippen MR) is 68.0 cm³/mol. The Morgan fingerprint density at radius 3 is 3.06 bits per heavy atom. The summed E-state index contributed by atoms with van der Waals surface area (Å²) in [5, 5.41) is 0. The molecule has 3 nitrogen and oxygen atoms in total. The predicted octanol–water partition coefficient (Wildman–Crippen LogP) is 2.76. The van der Waals surface area contributed by atoms with Gasteiger partial charge in [-0.1, -0.05) is 18.2 Å². The number of rotatable bonds is 0. The Morgan fingerprint density at radius 1 is 1.50 bits per heavy atom. The molecular formula is C15H20O3. The van der Waals surface area contributed by atoms with E-state index in [1.807, 2.05) is 0 Å². The molecule has 3 heteroatoms. The Balaban J connectivity index is 1.87. The minimum atomic E-state index is -0.233. The molecule has 0 aromatic rings. The first-order valence-corrected chi connectivity index (χ1v) is 6.74. The van der Waals surface area contributed by atoms with E-state index in [0.717, 1.165) is 25.7 Å². The molecule has 1 aliphatic carbocycles. The molecule has 0 aromatic heterocycles. The van der Waals surface area contributed by atoms with Gasteiger partial charge in [-0.25, -0.2) is 4.79 Å². The maximum absolute atomic E-state index is 11.7. The van der Waals surface area contributed by atoms with Crippen LogP contribution in [0.3, 0.4) is 0 Å². The summed E-state index contributed by atoms with van der Waals surface area (Å²) in [7, 11) is 0. The topological polar surface area (TPSA) is 38.8 Å². The van der Waals surface area contributed by atoms with Crippen LogP contribution in [0, 0.1) is 5.92 Å². The van der Waals surface area contributed by atoms with Crippen LogP contribution in [0.4, 0.5) is 0 Å². The standard InChI is InChI=1S/C15H20O3/c1-9-5-4-8-15(3)13(18-15)12-11(7-6-9)10(2)14(16)17-12/h5,11-13H,2,4,6-8H2,1,3H3/b9-5+/t11-,12?,13-,15+/m0/s1. The summed E-state index contributed by atoms with van der Waals surface area (Å²) in [6.45, 7) is 8.17. The summed E-state index contributed by atoms with van der Waals surface area (Å²) in [6.07, 6.45) is 6.25. The van der Waals surface area contributed by atoms with E-state index in [-0.39, 0.29) is 29.7 Å². The second-order valence-electron chi connectivity index (χ2n) is 5.98. The van der Waals surface area contributed by atoms with Gasteiger partial charge in [0.15, 0.2) is 0 Å². The highest BCUT2D eigenvalue weighted by Crippen LogP contribution is 2.49. The third kappa shape index (κ3) is 1.81. The number of carbonyl (C=O) groups is 1. The zero-order chi connectivity index (χ0) is 12.9. The zero-order valence-corrected chi connectivity index (χ0v) is 11.1. The summed E-state index contributed by atoms with van der Waals surface area (Å²) >= 11 is 0. The fraction of sp³-hybridized carbons (Fsp3) is 0.667. The SMILES string of the molecule is C=C1C(=O)OC2[C@H]1CC/C(C)=C/CC[C@@]1(C)O[C@@H]21. The monoisotopic (exact) mass is 248 g/mol. The molecule has 0 spiro atoms. The van der Waals surface area contributed by atoms with Crippen LogP contribution in [-0.2, 0) is 14.3 Å². The van der Waals surface area contributed by atoms with E-state index in [0.29, 0.717) is 5.57 Å². The second kappa shape index (κ2) is 3.95. The van der Waals surface area contributed by atoms with Crippen molar-refractivity contribution in [1.82, 2.24) is 0 Å². The van der Waals surface area contributed by atoms with Crippen molar-refractivity contribution in [2.24, 2.45) is 5.92 Å². The molecule has 2 saturated heterocycles. The van der Waals surface area contributed by atoms with Crippen molar-refractivity contribution in [2.75, 3.05) is 0 Å². The summed E-state index contributed by atoms with van der Waals surface area (Å²) in [5.74, 6) is -0.102. The molecule has 0 radical (unpaired) electrons. The van der Waals surface area contributed by atoms with Gasteiger partial charge in [0.25, 0.3) is 0 Å². The third-order valence-electron chi connectivity index (χ3n) is 4.57. The first-order chi connectivity index (χ1) is 8.51. The molecule has 2 heterocycles. The van der Waals surface area contributed by atoms with Crippen LogP contribution >= 0.6 is 0 Å². The number of carbonyl (C=O) groups excluding carboxylic acids is 1. The molecule has 2 aliphatic heterocycles. The van der Waals surface area contributed by atoms with Crippen molar-refractivity contribution >= 4 is 5.97 Å². The molecule has 98 valence electrons. The van der Waals surface area contributed by atoms with Crippen molar-refractivity contribution in [1.29, 1.82) is 0 Å². The van der Waals surface area contributed by atoms with Gasteiger partial charge in [-0.2, -0.15) is 0 Å².